The molecule has 0 N–H and O–H groups in total. The van der Waals surface area contributed by atoms with Crippen LogP contribution in [-0.4, -0.2) is 6.61 Å². The predicted octanol–water partition coefficient (Wildman–Crippen LogP) is 2.60. The minimum atomic E-state index is -0.0267. The Balaban J connectivity index is 2.61. The van der Waals surface area contributed by atoms with E-state index in [4.69, 9.17) is 4.74 Å². The molecule has 0 saturated heterocycles. The Morgan fingerprint density at radius 2 is 2.00 bits per heavy atom. The standard InChI is InChI=1S/C10H13O/c1-3-11-9(2)10-7-5-4-6-8-10/h4-9H,2-3H2,1H3. The molecule has 0 bridgehead atoms. The second kappa shape index (κ2) is 4.14. The Bertz CT molecular complexity index is 193. The van der Waals surface area contributed by atoms with E-state index in [1.165, 1.54) is 0 Å². The summed E-state index contributed by atoms with van der Waals surface area (Å²) >= 11 is 0. The van der Waals surface area contributed by atoms with Gasteiger partial charge in [-0.3, -0.25) is 0 Å². The fraction of sp³-hybridized carbons (Fsp3) is 0.300. The molecule has 0 aliphatic heterocycles. The van der Waals surface area contributed by atoms with E-state index < -0.39 is 0 Å². The number of benzene rings is 1. The first kappa shape index (κ1) is 8.28. The van der Waals surface area contributed by atoms with Crippen LogP contribution in [0, 0.1) is 6.92 Å². The van der Waals surface area contributed by atoms with Gasteiger partial charge in [-0.2, -0.15) is 0 Å². The maximum atomic E-state index is 5.32. The van der Waals surface area contributed by atoms with E-state index in [-0.39, 0.29) is 6.10 Å². The lowest BCUT2D eigenvalue weighted by Crippen LogP contribution is -1.98. The van der Waals surface area contributed by atoms with Gasteiger partial charge in [-0.25, -0.2) is 0 Å². The highest BCUT2D eigenvalue weighted by molar-refractivity contribution is 5.18. The molecular weight excluding hydrogens is 136 g/mol. The molecule has 11 heavy (non-hydrogen) atoms. The van der Waals surface area contributed by atoms with Crippen LogP contribution in [0.3, 0.4) is 0 Å². The molecule has 1 aromatic carbocycles. The fourth-order valence-electron chi connectivity index (χ4n) is 0.965. The van der Waals surface area contributed by atoms with Crippen LogP contribution in [0.4, 0.5) is 0 Å². The predicted molar refractivity (Wildman–Crippen MR) is 46.2 cm³/mol. The van der Waals surface area contributed by atoms with Gasteiger partial charge in [-0.1, -0.05) is 30.3 Å². The van der Waals surface area contributed by atoms with Crippen molar-refractivity contribution in [1.82, 2.24) is 0 Å². The van der Waals surface area contributed by atoms with Gasteiger partial charge in [0.05, 0.1) is 6.10 Å². The van der Waals surface area contributed by atoms with Crippen LogP contribution in [0.1, 0.15) is 18.6 Å². The van der Waals surface area contributed by atoms with Gasteiger partial charge in [0.15, 0.2) is 0 Å². The highest BCUT2D eigenvalue weighted by Crippen LogP contribution is 2.14. The lowest BCUT2D eigenvalue weighted by Gasteiger charge is -2.10. The van der Waals surface area contributed by atoms with E-state index >= 15 is 0 Å². The van der Waals surface area contributed by atoms with Crippen LogP contribution >= 0.6 is 0 Å². The molecule has 0 aromatic heterocycles. The summed E-state index contributed by atoms with van der Waals surface area (Å²) in [6.07, 6.45) is -0.0267. The second-order valence-corrected chi connectivity index (χ2v) is 2.35. The van der Waals surface area contributed by atoms with Crippen molar-refractivity contribution in [2.45, 2.75) is 13.0 Å². The normalized spacial score (nSPS) is 12.9. The van der Waals surface area contributed by atoms with Crippen molar-refractivity contribution in [3.05, 3.63) is 42.8 Å². The zero-order valence-corrected chi connectivity index (χ0v) is 6.79. The Morgan fingerprint density at radius 1 is 1.36 bits per heavy atom. The van der Waals surface area contributed by atoms with Crippen molar-refractivity contribution in [3.8, 4) is 0 Å². The average Bonchev–Trinajstić information content (AvgIpc) is 2.07. The van der Waals surface area contributed by atoms with Gasteiger partial charge < -0.3 is 4.74 Å². The highest BCUT2D eigenvalue weighted by Gasteiger charge is 2.01. The van der Waals surface area contributed by atoms with E-state index in [0.29, 0.717) is 6.61 Å². The summed E-state index contributed by atoms with van der Waals surface area (Å²) in [7, 11) is 0. The summed E-state index contributed by atoms with van der Waals surface area (Å²) in [5.74, 6) is 0. The van der Waals surface area contributed by atoms with Gasteiger partial charge in [-0.05, 0) is 19.4 Å². The lowest BCUT2D eigenvalue weighted by atomic mass is 10.1. The number of hydrogen-bond acceptors (Lipinski definition) is 1. The molecule has 0 saturated carbocycles. The van der Waals surface area contributed by atoms with Crippen molar-refractivity contribution in [1.29, 1.82) is 0 Å². The molecule has 1 radical (unpaired) electrons. The maximum absolute atomic E-state index is 5.32. The van der Waals surface area contributed by atoms with Crippen molar-refractivity contribution in [2.75, 3.05) is 6.61 Å². The Labute approximate surface area is 68.0 Å². The fourth-order valence-corrected chi connectivity index (χ4v) is 0.965. The summed E-state index contributed by atoms with van der Waals surface area (Å²) in [6.45, 7) is 6.56. The number of rotatable bonds is 3. The van der Waals surface area contributed by atoms with Gasteiger partial charge in [-0.15, -0.1) is 0 Å². The van der Waals surface area contributed by atoms with Crippen molar-refractivity contribution in [3.63, 3.8) is 0 Å². The van der Waals surface area contributed by atoms with Crippen molar-refractivity contribution in [2.24, 2.45) is 0 Å². The highest BCUT2D eigenvalue weighted by atomic mass is 16.5. The molecule has 0 heterocycles. The Morgan fingerprint density at radius 3 is 2.55 bits per heavy atom. The smallest absolute Gasteiger partial charge is 0.0825 e. The second-order valence-electron chi connectivity index (χ2n) is 2.35. The summed E-state index contributed by atoms with van der Waals surface area (Å²) in [5.41, 5.74) is 1.13. The minimum absolute atomic E-state index is 0.0267. The Hall–Kier alpha value is -0.820. The van der Waals surface area contributed by atoms with Crippen LogP contribution in [0.2, 0.25) is 0 Å². The SMILES string of the molecule is [CH2]C(OCC)c1ccccc1. The first-order chi connectivity index (χ1) is 5.34. The van der Waals surface area contributed by atoms with E-state index in [9.17, 15) is 0 Å². The third-order valence-corrected chi connectivity index (χ3v) is 1.54. The third-order valence-electron chi connectivity index (χ3n) is 1.54. The topological polar surface area (TPSA) is 9.23 Å². The molecule has 1 atom stereocenters. The summed E-state index contributed by atoms with van der Waals surface area (Å²) in [4.78, 5) is 0. The van der Waals surface area contributed by atoms with E-state index in [2.05, 4.69) is 6.92 Å². The summed E-state index contributed by atoms with van der Waals surface area (Å²) < 4.78 is 5.32. The zero-order chi connectivity index (χ0) is 8.10. The lowest BCUT2D eigenvalue weighted by molar-refractivity contribution is 0.0948. The molecule has 1 aromatic rings. The quantitative estimate of drug-likeness (QED) is 0.641. The number of ether oxygens (including phenoxy) is 1. The maximum Gasteiger partial charge on any atom is 0.0825 e. The van der Waals surface area contributed by atoms with E-state index in [1.54, 1.807) is 0 Å². The minimum Gasteiger partial charge on any atom is -0.374 e. The zero-order valence-electron chi connectivity index (χ0n) is 6.79. The Kier molecular flexibility index (Phi) is 3.12. The van der Waals surface area contributed by atoms with Crippen LogP contribution in [0.15, 0.2) is 30.3 Å². The molecular formula is C10H13O. The molecule has 1 heteroatoms. The molecule has 0 aliphatic carbocycles. The largest absolute Gasteiger partial charge is 0.374 e. The third kappa shape index (κ3) is 2.35. The molecule has 1 nitrogen and oxygen atoms in total. The van der Waals surface area contributed by atoms with Crippen LogP contribution in [0.5, 0.6) is 0 Å². The van der Waals surface area contributed by atoms with Crippen LogP contribution in [-0.2, 0) is 4.74 Å². The van der Waals surface area contributed by atoms with Crippen LogP contribution < -0.4 is 0 Å². The number of hydrogen-bond donors (Lipinski definition) is 0. The van der Waals surface area contributed by atoms with Gasteiger partial charge in [0.2, 0.25) is 0 Å². The van der Waals surface area contributed by atoms with Gasteiger partial charge in [0, 0.05) is 6.61 Å². The molecule has 0 fully saturated rings. The molecule has 1 rings (SSSR count). The van der Waals surface area contributed by atoms with E-state index in [1.807, 2.05) is 37.3 Å². The molecule has 59 valence electrons. The summed E-state index contributed by atoms with van der Waals surface area (Å²) in [5, 5.41) is 0. The van der Waals surface area contributed by atoms with Crippen LogP contribution in [0.25, 0.3) is 0 Å². The first-order valence-electron chi connectivity index (χ1n) is 3.84. The van der Waals surface area contributed by atoms with Gasteiger partial charge >= 0.3 is 0 Å². The average molecular weight is 149 g/mol. The molecule has 0 aliphatic rings. The van der Waals surface area contributed by atoms with Crippen molar-refractivity contribution < 1.29 is 4.74 Å². The van der Waals surface area contributed by atoms with E-state index in [0.717, 1.165) is 5.56 Å². The summed E-state index contributed by atoms with van der Waals surface area (Å²) in [6, 6.07) is 10.0. The monoisotopic (exact) mass is 149 g/mol. The van der Waals surface area contributed by atoms with Crippen molar-refractivity contribution >= 4 is 0 Å². The van der Waals surface area contributed by atoms with Gasteiger partial charge in [0.1, 0.15) is 0 Å². The molecule has 1 unspecified atom stereocenters. The van der Waals surface area contributed by atoms with Gasteiger partial charge in [0.25, 0.3) is 0 Å². The molecule has 0 spiro atoms. The first-order valence-corrected chi connectivity index (χ1v) is 3.84. The molecule has 0 amide bonds.